The maximum atomic E-state index is 12.2. The van der Waals surface area contributed by atoms with Crippen LogP contribution in [0.4, 0.5) is 0 Å². The van der Waals surface area contributed by atoms with Crippen LogP contribution < -0.4 is 4.74 Å². The summed E-state index contributed by atoms with van der Waals surface area (Å²) in [6, 6.07) is 7.01. The number of carbonyl (C=O) groups excluding carboxylic acids is 1. The number of carbonyl (C=O) groups is 2. The van der Waals surface area contributed by atoms with E-state index in [1.54, 1.807) is 6.07 Å². The summed E-state index contributed by atoms with van der Waals surface area (Å²) in [6.45, 7) is 2.92. The molecule has 1 aromatic rings. The van der Waals surface area contributed by atoms with Gasteiger partial charge in [0.25, 0.3) is 5.91 Å². The van der Waals surface area contributed by atoms with Crippen LogP contribution in [0.5, 0.6) is 5.75 Å². The van der Waals surface area contributed by atoms with E-state index < -0.39 is 12.0 Å². The van der Waals surface area contributed by atoms with Crippen molar-refractivity contribution in [2.75, 3.05) is 26.4 Å². The first-order valence-electron chi connectivity index (χ1n) is 6.85. The molecule has 1 aliphatic rings. The summed E-state index contributed by atoms with van der Waals surface area (Å²) >= 11 is 0. The Hall–Kier alpha value is -2.08. The Bertz CT molecular complexity index is 517. The summed E-state index contributed by atoms with van der Waals surface area (Å²) in [6.07, 6.45) is -0.115. The van der Waals surface area contributed by atoms with Gasteiger partial charge in [0.1, 0.15) is 5.75 Å². The SMILES string of the molecule is Cc1cccc(OCC(=O)N2CCOCC2CC(=O)O)c1. The van der Waals surface area contributed by atoms with E-state index in [1.807, 2.05) is 25.1 Å². The predicted molar refractivity (Wildman–Crippen MR) is 75.2 cm³/mol. The summed E-state index contributed by atoms with van der Waals surface area (Å²) in [7, 11) is 0. The van der Waals surface area contributed by atoms with Gasteiger partial charge in [0.15, 0.2) is 6.61 Å². The Labute approximate surface area is 123 Å². The molecule has 1 amide bonds. The summed E-state index contributed by atoms with van der Waals surface area (Å²) in [5.74, 6) is -0.527. The van der Waals surface area contributed by atoms with E-state index in [-0.39, 0.29) is 25.5 Å². The van der Waals surface area contributed by atoms with Crippen molar-refractivity contribution >= 4 is 11.9 Å². The normalized spacial score (nSPS) is 18.3. The molecule has 6 nitrogen and oxygen atoms in total. The van der Waals surface area contributed by atoms with Crippen molar-refractivity contribution in [3.8, 4) is 5.75 Å². The molecule has 1 N–H and O–H groups in total. The Morgan fingerprint density at radius 1 is 1.48 bits per heavy atom. The zero-order valence-corrected chi connectivity index (χ0v) is 11.9. The number of amides is 1. The Kier molecular flexibility index (Phi) is 5.16. The highest BCUT2D eigenvalue weighted by Gasteiger charge is 2.29. The van der Waals surface area contributed by atoms with E-state index in [2.05, 4.69) is 0 Å². The molecule has 1 saturated heterocycles. The van der Waals surface area contributed by atoms with Crippen molar-refractivity contribution in [2.24, 2.45) is 0 Å². The minimum Gasteiger partial charge on any atom is -0.484 e. The van der Waals surface area contributed by atoms with Gasteiger partial charge >= 0.3 is 5.97 Å². The lowest BCUT2D eigenvalue weighted by Gasteiger charge is -2.34. The first-order chi connectivity index (χ1) is 10.1. The maximum Gasteiger partial charge on any atom is 0.305 e. The van der Waals surface area contributed by atoms with Gasteiger partial charge in [-0.05, 0) is 24.6 Å². The second kappa shape index (κ2) is 7.08. The summed E-state index contributed by atoms with van der Waals surface area (Å²) < 4.78 is 10.7. The lowest BCUT2D eigenvalue weighted by molar-refractivity contribution is -0.147. The second-order valence-corrected chi connectivity index (χ2v) is 5.02. The molecule has 114 valence electrons. The van der Waals surface area contributed by atoms with Crippen LogP contribution in [0.15, 0.2) is 24.3 Å². The molecule has 6 heteroatoms. The first-order valence-corrected chi connectivity index (χ1v) is 6.85. The minimum atomic E-state index is -0.942. The molecule has 1 aromatic carbocycles. The fourth-order valence-electron chi connectivity index (χ4n) is 2.29. The van der Waals surface area contributed by atoms with Crippen LogP contribution in [0.1, 0.15) is 12.0 Å². The lowest BCUT2D eigenvalue weighted by Crippen LogP contribution is -2.51. The molecule has 0 bridgehead atoms. The van der Waals surface area contributed by atoms with Crippen molar-refractivity contribution in [3.63, 3.8) is 0 Å². The molecule has 1 fully saturated rings. The van der Waals surface area contributed by atoms with E-state index in [9.17, 15) is 9.59 Å². The molecule has 1 heterocycles. The molecular weight excluding hydrogens is 274 g/mol. The number of benzene rings is 1. The van der Waals surface area contributed by atoms with Gasteiger partial charge in [0, 0.05) is 6.54 Å². The number of nitrogens with zero attached hydrogens (tertiary/aromatic N) is 1. The zero-order chi connectivity index (χ0) is 15.2. The van der Waals surface area contributed by atoms with Crippen molar-refractivity contribution in [1.29, 1.82) is 0 Å². The molecule has 0 aromatic heterocycles. The Balaban J connectivity index is 1.92. The number of hydrogen-bond acceptors (Lipinski definition) is 4. The van der Waals surface area contributed by atoms with Gasteiger partial charge in [0.05, 0.1) is 25.7 Å². The highest BCUT2D eigenvalue weighted by atomic mass is 16.5. The fraction of sp³-hybridized carbons (Fsp3) is 0.467. The number of morpholine rings is 1. The standard InChI is InChI=1S/C15H19NO5/c1-11-3-2-4-13(7-11)21-10-14(17)16-5-6-20-9-12(16)8-15(18)19/h2-4,7,12H,5-6,8-10H2,1H3,(H,18,19). The van der Waals surface area contributed by atoms with E-state index >= 15 is 0 Å². The maximum absolute atomic E-state index is 12.2. The molecule has 2 rings (SSSR count). The summed E-state index contributed by atoms with van der Waals surface area (Å²) in [5, 5.41) is 8.88. The molecule has 21 heavy (non-hydrogen) atoms. The summed E-state index contributed by atoms with van der Waals surface area (Å²) in [4.78, 5) is 24.6. The third-order valence-corrected chi connectivity index (χ3v) is 3.31. The fourth-order valence-corrected chi connectivity index (χ4v) is 2.29. The number of aliphatic carboxylic acids is 1. The molecule has 0 spiro atoms. The smallest absolute Gasteiger partial charge is 0.305 e. The first kappa shape index (κ1) is 15.3. The quantitative estimate of drug-likeness (QED) is 0.879. The van der Waals surface area contributed by atoms with Gasteiger partial charge in [-0.2, -0.15) is 0 Å². The van der Waals surface area contributed by atoms with Crippen LogP contribution in [0, 0.1) is 6.92 Å². The van der Waals surface area contributed by atoms with Gasteiger partial charge < -0.3 is 19.5 Å². The third kappa shape index (κ3) is 4.46. The highest BCUT2D eigenvalue weighted by Crippen LogP contribution is 2.14. The molecule has 0 aliphatic carbocycles. The topological polar surface area (TPSA) is 76.1 Å². The van der Waals surface area contributed by atoms with Gasteiger partial charge in [-0.15, -0.1) is 0 Å². The van der Waals surface area contributed by atoms with Gasteiger partial charge in [0.2, 0.25) is 0 Å². The Morgan fingerprint density at radius 3 is 3.00 bits per heavy atom. The average Bonchev–Trinajstić information content (AvgIpc) is 2.45. The van der Waals surface area contributed by atoms with Crippen LogP contribution >= 0.6 is 0 Å². The number of aryl methyl sites for hydroxylation is 1. The van der Waals surface area contributed by atoms with Crippen LogP contribution in [0.25, 0.3) is 0 Å². The number of carboxylic acids is 1. The van der Waals surface area contributed by atoms with Gasteiger partial charge in [-0.3, -0.25) is 9.59 Å². The Morgan fingerprint density at radius 2 is 2.29 bits per heavy atom. The van der Waals surface area contributed by atoms with Crippen LogP contribution in [-0.4, -0.2) is 54.3 Å². The van der Waals surface area contributed by atoms with E-state index in [4.69, 9.17) is 14.6 Å². The van der Waals surface area contributed by atoms with Gasteiger partial charge in [-0.1, -0.05) is 12.1 Å². The minimum absolute atomic E-state index is 0.0976. The largest absolute Gasteiger partial charge is 0.484 e. The van der Waals surface area contributed by atoms with Crippen molar-refractivity contribution in [3.05, 3.63) is 29.8 Å². The average molecular weight is 293 g/mol. The molecule has 1 unspecified atom stereocenters. The van der Waals surface area contributed by atoms with Gasteiger partial charge in [-0.25, -0.2) is 0 Å². The predicted octanol–water partition coefficient (Wildman–Crippen LogP) is 1.08. The van der Waals surface area contributed by atoms with Crippen molar-refractivity contribution in [1.82, 2.24) is 4.90 Å². The van der Waals surface area contributed by atoms with Crippen LogP contribution in [0.3, 0.4) is 0 Å². The lowest BCUT2D eigenvalue weighted by atomic mass is 10.1. The second-order valence-electron chi connectivity index (χ2n) is 5.02. The highest BCUT2D eigenvalue weighted by molar-refractivity contribution is 5.79. The number of rotatable bonds is 5. The molecule has 1 atom stereocenters. The third-order valence-electron chi connectivity index (χ3n) is 3.31. The number of carboxylic acid groups (broad SMARTS) is 1. The summed E-state index contributed by atoms with van der Waals surface area (Å²) in [5.41, 5.74) is 1.05. The van der Waals surface area contributed by atoms with Crippen molar-refractivity contribution in [2.45, 2.75) is 19.4 Å². The molecular formula is C15H19NO5. The van der Waals surface area contributed by atoms with Crippen LogP contribution in [0.2, 0.25) is 0 Å². The zero-order valence-electron chi connectivity index (χ0n) is 11.9. The van der Waals surface area contributed by atoms with Crippen LogP contribution in [-0.2, 0) is 14.3 Å². The number of hydrogen-bond donors (Lipinski definition) is 1. The van der Waals surface area contributed by atoms with E-state index in [0.29, 0.717) is 18.9 Å². The molecule has 0 saturated carbocycles. The monoisotopic (exact) mass is 293 g/mol. The molecule has 0 radical (unpaired) electrons. The van der Waals surface area contributed by atoms with E-state index in [0.717, 1.165) is 5.56 Å². The van der Waals surface area contributed by atoms with E-state index in [1.165, 1.54) is 4.90 Å². The van der Waals surface area contributed by atoms with Crippen molar-refractivity contribution < 1.29 is 24.2 Å². The molecule has 1 aliphatic heterocycles. The number of ether oxygens (including phenoxy) is 2.